The highest BCUT2D eigenvalue weighted by atomic mass is 15.2. The molecule has 3 aliphatic rings. The van der Waals surface area contributed by atoms with Crippen LogP contribution >= 0.6 is 0 Å². The van der Waals surface area contributed by atoms with Crippen LogP contribution < -0.4 is 5.32 Å². The van der Waals surface area contributed by atoms with E-state index in [1.165, 1.54) is 77.4 Å². The van der Waals surface area contributed by atoms with Gasteiger partial charge in [0, 0.05) is 25.2 Å². The molecule has 0 spiro atoms. The standard InChI is InChI=1S/C17H32N2/c1-14(16-6-3-2-4-7-16)19(12-15-9-10-15)13-17-8-5-11-18-17/h14-18H,2-13H2,1H3. The lowest BCUT2D eigenvalue weighted by atomic mass is 9.83. The fourth-order valence-corrected chi connectivity index (χ4v) is 4.15. The monoisotopic (exact) mass is 264 g/mol. The highest BCUT2D eigenvalue weighted by Crippen LogP contribution is 2.34. The summed E-state index contributed by atoms with van der Waals surface area (Å²) in [4.78, 5) is 2.86. The van der Waals surface area contributed by atoms with Crippen molar-refractivity contribution in [2.45, 2.75) is 76.8 Å². The van der Waals surface area contributed by atoms with Crippen LogP contribution in [-0.2, 0) is 0 Å². The lowest BCUT2D eigenvalue weighted by Gasteiger charge is -2.38. The molecule has 1 aliphatic heterocycles. The quantitative estimate of drug-likeness (QED) is 0.791. The van der Waals surface area contributed by atoms with Crippen LogP contribution in [0.4, 0.5) is 0 Å². The third kappa shape index (κ3) is 3.95. The number of hydrogen-bond acceptors (Lipinski definition) is 2. The molecule has 2 unspecified atom stereocenters. The molecule has 2 aliphatic carbocycles. The predicted octanol–water partition coefficient (Wildman–Crippen LogP) is 3.42. The van der Waals surface area contributed by atoms with Crippen molar-refractivity contribution >= 4 is 0 Å². The van der Waals surface area contributed by atoms with E-state index in [1.807, 2.05) is 0 Å². The normalized spacial score (nSPS) is 30.9. The Kier molecular flexibility index (Phi) is 4.81. The van der Waals surface area contributed by atoms with Crippen molar-refractivity contribution in [1.82, 2.24) is 10.2 Å². The maximum absolute atomic E-state index is 3.70. The Labute approximate surface area is 119 Å². The van der Waals surface area contributed by atoms with Gasteiger partial charge < -0.3 is 5.32 Å². The van der Waals surface area contributed by atoms with Crippen LogP contribution in [0.1, 0.15) is 64.7 Å². The van der Waals surface area contributed by atoms with Crippen LogP contribution in [0.15, 0.2) is 0 Å². The number of nitrogens with zero attached hydrogens (tertiary/aromatic N) is 1. The molecule has 0 bridgehead atoms. The topological polar surface area (TPSA) is 15.3 Å². The molecule has 2 nitrogen and oxygen atoms in total. The van der Waals surface area contributed by atoms with E-state index in [0.29, 0.717) is 0 Å². The summed E-state index contributed by atoms with van der Waals surface area (Å²) >= 11 is 0. The molecule has 2 atom stereocenters. The highest BCUT2D eigenvalue weighted by Gasteiger charge is 2.32. The zero-order chi connectivity index (χ0) is 13.1. The molecule has 2 heteroatoms. The Morgan fingerprint density at radius 3 is 2.37 bits per heavy atom. The van der Waals surface area contributed by atoms with E-state index >= 15 is 0 Å². The van der Waals surface area contributed by atoms with Gasteiger partial charge in [0.25, 0.3) is 0 Å². The van der Waals surface area contributed by atoms with E-state index in [2.05, 4.69) is 17.1 Å². The van der Waals surface area contributed by atoms with Gasteiger partial charge in [-0.25, -0.2) is 0 Å². The zero-order valence-corrected chi connectivity index (χ0v) is 12.7. The van der Waals surface area contributed by atoms with Crippen LogP contribution in [0.2, 0.25) is 0 Å². The van der Waals surface area contributed by atoms with Crippen molar-refractivity contribution in [1.29, 1.82) is 0 Å². The van der Waals surface area contributed by atoms with Gasteiger partial charge in [-0.3, -0.25) is 4.90 Å². The van der Waals surface area contributed by atoms with E-state index in [1.54, 1.807) is 0 Å². The first-order chi connectivity index (χ1) is 9.33. The molecule has 0 aromatic heterocycles. The summed E-state index contributed by atoms with van der Waals surface area (Å²) in [7, 11) is 0. The fraction of sp³-hybridized carbons (Fsp3) is 1.00. The Bertz CT molecular complexity index is 262. The molecule has 3 fully saturated rings. The second kappa shape index (κ2) is 6.58. The molecular formula is C17H32N2. The maximum atomic E-state index is 3.70. The summed E-state index contributed by atoms with van der Waals surface area (Å²) in [6, 6.07) is 1.60. The van der Waals surface area contributed by atoms with Crippen LogP contribution in [0, 0.1) is 11.8 Å². The Morgan fingerprint density at radius 2 is 1.74 bits per heavy atom. The van der Waals surface area contributed by atoms with E-state index in [9.17, 15) is 0 Å². The Hall–Kier alpha value is -0.0800. The summed E-state index contributed by atoms with van der Waals surface area (Å²) in [6.45, 7) is 6.47. The van der Waals surface area contributed by atoms with E-state index in [-0.39, 0.29) is 0 Å². The second-order valence-electron chi connectivity index (χ2n) is 7.33. The molecule has 0 amide bonds. The number of nitrogens with one attached hydrogen (secondary N) is 1. The molecule has 2 saturated carbocycles. The molecular weight excluding hydrogens is 232 g/mol. The SMILES string of the molecule is CC(C1CCCCC1)N(CC1CC1)CC1CCCN1. The molecule has 110 valence electrons. The van der Waals surface area contributed by atoms with E-state index < -0.39 is 0 Å². The molecule has 0 aromatic carbocycles. The summed E-state index contributed by atoms with van der Waals surface area (Å²) in [6.07, 6.45) is 13.2. The molecule has 1 saturated heterocycles. The van der Waals surface area contributed by atoms with Crippen molar-refractivity contribution in [3.05, 3.63) is 0 Å². The number of hydrogen-bond donors (Lipinski definition) is 1. The summed E-state index contributed by atoms with van der Waals surface area (Å²) in [5.74, 6) is 2.02. The highest BCUT2D eigenvalue weighted by molar-refractivity contribution is 4.87. The minimum Gasteiger partial charge on any atom is -0.313 e. The van der Waals surface area contributed by atoms with Gasteiger partial charge in [0.1, 0.15) is 0 Å². The molecule has 3 rings (SSSR count). The molecule has 1 N–H and O–H groups in total. The molecule has 0 radical (unpaired) electrons. The lowest BCUT2D eigenvalue weighted by molar-refractivity contribution is 0.115. The number of rotatable bonds is 6. The first-order valence-electron chi connectivity index (χ1n) is 8.80. The van der Waals surface area contributed by atoms with Gasteiger partial charge in [0.2, 0.25) is 0 Å². The smallest absolute Gasteiger partial charge is 0.0195 e. The van der Waals surface area contributed by atoms with E-state index in [4.69, 9.17) is 0 Å². The minimum absolute atomic E-state index is 0.782. The van der Waals surface area contributed by atoms with Gasteiger partial charge in [-0.15, -0.1) is 0 Å². The van der Waals surface area contributed by atoms with Crippen molar-refractivity contribution in [2.24, 2.45) is 11.8 Å². The van der Waals surface area contributed by atoms with Crippen molar-refractivity contribution in [2.75, 3.05) is 19.6 Å². The first kappa shape index (κ1) is 13.9. The third-order valence-corrected chi connectivity index (χ3v) is 5.71. The molecule has 1 heterocycles. The lowest BCUT2D eigenvalue weighted by Crippen LogP contribution is -2.46. The minimum atomic E-state index is 0.782. The second-order valence-corrected chi connectivity index (χ2v) is 7.33. The third-order valence-electron chi connectivity index (χ3n) is 5.71. The summed E-state index contributed by atoms with van der Waals surface area (Å²) in [5.41, 5.74) is 0. The largest absolute Gasteiger partial charge is 0.313 e. The van der Waals surface area contributed by atoms with Crippen molar-refractivity contribution in [3.63, 3.8) is 0 Å². The van der Waals surface area contributed by atoms with Gasteiger partial charge in [-0.1, -0.05) is 19.3 Å². The fourth-order valence-electron chi connectivity index (χ4n) is 4.15. The van der Waals surface area contributed by atoms with Gasteiger partial charge in [-0.05, 0) is 63.8 Å². The summed E-state index contributed by atoms with van der Waals surface area (Å²) in [5, 5.41) is 3.70. The van der Waals surface area contributed by atoms with E-state index in [0.717, 1.165) is 23.9 Å². The Morgan fingerprint density at radius 1 is 0.947 bits per heavy atom. The van der Waals surface area contributed by atoms with Crippen molar-refractivity contribution in [3.8, 4) is 0 Å². The van der Waals surface area contributed by atoms with Crippen LogP contribution in [0.3, 0.4) is 0 Å². The predicted molar refractivity (Wildman–Crippen MR) is 81.4 cm³/mol. The van der Waals surface area contributed by atoms with Crippen LogP contribution in [0.5, 0.6) is 0 Å². The molecule has 0 aromatic rings. The van der Waals surface area contributed by atoms with Crippen LogP contribution in [-0.4, -0.2) is 36.6 Å². The van der Waals surface area contributed by atoms with Crippen LogP contribution in [0.25, 0.3) is 0 Å². The first-order valence-corrected chi connectivity index (χ1v) is 8.80. The Balaban J connectivity index is 1.55. The van der Waals surface area contributed by atoms with Crippen molar-refractivity contribution < 1.29 is 0 Å². The van der Waals surface area contributed by atoms with Gasteiger partial charge in [-0.2, -0.15) is 0 Å². The van der Waals surface area contributed by atoms with Gasteiger partial charge >= 0.3 is 0 Å². The molecule has 19 heavy (non-hydrogen) atoms. The van der Waals surface area contributed by atoms with Gasteiger partial charge in [0.15, 0.2) is 0 Å². The maximum Gasteiger partial charge on any atom is 0.0195 e. The zero-order valence-electron chi connectivity index (χ0n) is 12.7. The average molecular weight is 264 g/mol. The van der Waals surface area contributed by atoms with Gasteiger partial charge in [0.05, 0.1) is 0 Å². The summed E-state index contributed by atoms with van der Waals surface area (Å²) < 4.78 is 0. The average Bonchev–Trinajstić information content (AvgIpc) is 3.12.